The highest BCUT2D eigenvalue weighted by molar-refractivity contribution is 6.02. The normalized spacial score (nSPS) is 12.4. The average Bonchev–Trinajstić information content (AvgIpc) is 2.85. The van der Waals surface area contributed by atoms with Crippen LogP contribution in [0.25, 0.3) is 21.5 Å². The van der Waals surface area contributed by atoms with Crippen molar-refractivity contribution in [3.05, 3.63) is 60.2 Å². The summed E-state index contributed by atoms with van der Waals surface area (Å²) in [5.74, 6) is -0.0351. The zero-order valence-electron chi connectivity index (χ0n) is 21.2. The fourth-order valence-electron chi connectivity index (χ4n) is 5.47. The molecule has 1 N–H and O–H groups in total. The summed E-state index contributed by atoms with van der Waals surface area (Å²) < 4.78 is 0. The highest BCUT2D eigenvalue weighted by Gasteiger charge is 2.17. The van der Waals surface area contributed by atoms with Crippen LogP contribution < -0.4 is 0 Å². The maximum absolute atomic E-state index is 10.6. The van der Waals surface area contributed by atoms with Crippen molar-refractivity contribution in [2.75, 3.05) is 0 Å². The molecule has 1 atom stereocenters. The minimum atomic E-state index is -0.664. The summed E-state index contributed by atoms with van der Waals surface area (Å²) in [6.45, 7) is 2.29. The van der Waals surface area contributed by atoms with E-state index >= 15 is 0 Å². The molecule has 184 valence electrons. The molecule has 0 aliphatic heterocycles. The molecule has 0 fully saturated rings. The second-order valence-corrected chi connectivity index (χ2v) is 10.0. The fraction of sp³-hybridized carbons (Fsp3) is 0.531. The summed E-state index contributed by atoms with van der Waals surface area (Å²) in [6.07, 6.45) is 17.7. The molecule has 0 saturated heterocycles. The van der Waals surface area contributed by atoms with Gasteiger partial charge >= 0.3 is 5.97 Å². The monoisotopic (exact) mass is 460 g/mol. The average molecular weight is 461 g/mol. The lowest BCUT2D eigenvalue weighted by Crippen LogP contribution is -2.02. The molecule has 1 unspecified atom stereocenters. The predicted octanol–water partition coefficient (Wildman–Crippen LogP) is 10.0. The molecule has 3 aromatic rings. The van der Waals surface area contributed by atoms with E-state index in [9.17, 15) is 4.79 Å². The molecule has 0 spiro atoms. The van der Waals surface area contributed by atoms with Crippen LogP contribution in [-0.2, 0) is 4.79 Å². The summed E-state index contributed by atoms with van der Waals surface area (Å²) in [5.41, 5.74) is 1.59. The number of benzene rings is 3. The van der Waals surface area contributed by atoms with Crippen molar-refractivity contribution in [1.82, 2.24) is 0 Å². The number of hydrogen-bond acceptors (Lipinski definition) is 1. The SMILES string of the molecule is CCCCCCC(CCCCCCCCCCC(=O)O)c1c2ccccc2cc2ccccc12. The van der Waals surface area contributed by atoms with Crippen molar-refractivity contribution >= 4 is 27.5 Å². The van der Waals surface area contributed by atoms with Crippen LogP contribution in [0.4, 0.5) is 0 Å². The number of carboxylic acid groups (broad SMARTS) is 1. The Morgan fingerprint density at radius 1 is 0.676 bits per heavy atom. The van der Waals surface area contributed by atoms with Gasteiger partial charge in [-0.05, 0) is 58.4 Å². The van der Waals surface area contributed by atoms with Crippen LogP contribution in [0.5, 0.6) is 0 Å². The highest BCUT2D eigenvalue weighted by Crippen LogP contribution is 2.39. The molecule has 0 heterocycles. The number of hydrogen-bond donors (Lipinski definition) is 1. The van der Waals surface area contributed by atoms with E-state index in [1.54, 1.807) is 5.56 Å². The van der Waals surface area contributed by atoms with Crippen LogP contribution >= 0.6 is 0 Å². The van der Waals surface area contributed by atoms with Gasteiger partial charge in [-0.1, -0.05) is 126 Å². The third-order valence-electron chi connectivity index (χ3n) is 7.32. The second kappa shape index (κ2) is 14.8. The number of fused-ring (bicyclic) bond motifs is 2. The van der Waals surface area contributed by atoms with Crippen LogP contribution in [0.3, 0.4) is 0 Å². The molecule has 3 aromatic carbocycles. The van der Waals surface area contributed by atoms with Gasteiger partial charge in [0.2, 0.25) is 0 Å². The van der Waals surface area contributed by atoms with Gasteiger partial charge in [0, 0.05) is 6.42 Å². The molecule has 0 saturated carbocycles. The molecular weight excluding hydrogens is 416 g/mol. The number of carbonyl (C=O) groups is 1. The Morgan fingerprint density at radius 3 is 1.68 bits per heavy atom. The lowest BCUT2D eigenvalue weighted by Gasteiger charge is -2.22. The van der Waals surface area contributed by atoms with Crippen molar-refractivity contribution < 1.29 is 9.90 Å². The van der Waals surface area contributed by atoms with E-state index in [4.69, 9.17) is 5.11 Å². The first-order chi connectivity index (χ1) is 16.7. The van der Waals surface area contributed by atoms with Gasteiger partial charge in [0.1, 0.15) is 0 Å². The molecule has 0 aliphatic rings. The topological polar surface area (TPSA) is 37.3 Å². The van der Waals surface area contributed by atoms with E-state index in [-0.39, 0.29) is 0 Å². The van der Waals surface area contributed by atoms with Gasteiger partial charge in [-0.3, -0.25) is 4.79 Å². The Labute approximate surface area is 206 Å². The Morgan fingerprint density at radius 2 is 1.15 bits per heavy atom. The zero-order valence-corrected chi connectivity index (χ0v) is 21.2. The van der Waals surface area contributed by atoms with Crippen molar-refractivity contribution in [2.24, 2.45) is 0 Å². The quantitative estimate of drug-likeness (QED) is 0.161. The molecule has 0 aliphatic carbocycles. The molecular formula is C32H44O2. The smallest absolute Gasteiger partial charge is 0.303 e. The van der Waals surface area contributed by atoms with Crippen LogP contribution in [0, 0.1) is 0 Å². The van der Waals surface area contributed by atoms with Gasteiger partial charge in [0.15, 0.2) is 0 Å². The number of aliphatic carboxylic acids is 1. The van der Waals surface area contributed by atoms with Crippen LogP contribution in [0.1, 0.15) is 115 Å². The molecule has 0 bridgehead atoms. The maximum Gasteiger partial charge on any atom is 0.303 e. The van der Waals surface area contributed by atoms with E-state index in [0.717, 1.165) is 12.8 Å². The Balaban J connectivity index is 1.61. The fourth-order valence-corrected chi connectivity index (χ4v) is 5.47. The first kappa shape index (κ1) is 26.3. The third-order valence-corrected chi connectivity index (χ3v) is 7.32. The summed E-state index contributed by atoms with van der Waals surface area (Å²) in [5, 5.41) is 14.4. The van der Waals surface area contributed by atoms with E-state index < -0.39 is 5.97 Å². The first-order valence-electron chi connectivity index (χ1n) is 13.8. The van der Waals surface area contributed by atoms with E-state index in [1.807, 2.05) is 0 Å². The van der Waals surface area contributed by atoms with E-state index in [0.29, 0.717) is 12.3 Å². The van der Waals surface area contributed by atoms with E-state index in [1.165, 1.54) is 98.6 Å². The van der Waals surface area contributed by atoms with Gasteiger partial charge in [-0.15, -0.1) is 0 Å². The first-order valence-corrected chi connectivity index (χ1v) is 13.8. The second-order valence-electron chi connectivity index (χ2n) is 10.0. The number of carboxylic acids is 1. The molecule has 0 aromatic heterocycles. The minimum absolute atomic E-state index is 0.322. The lowest BCUT2D eigenvalue weighted by molar-refractivity contribution is -0.137. The van der Waals surface area contributed by atoms with Crippen molar-refractivity contribution in [1.29, 1.82) is 0 Å². The third kappa shape index (κ3) is 8.15. The van der Waals surface area contributed by atoms with Gasteiger partial charge in [-0.25, -0.2) is 0 Å². The molecule has 0 amide bonds. The standard InChI is InChI=1S/C32H44O2/c1-2-3-4-11-18-26(19-12-9-7-5-6-8-10-13-24-31(33)34)32-29-22-16-14-20-27(29)25-28-21-15-17-23-30(28)32/h14-17,20-23,25-26H,2-13,18-19,24H2,1H3,(H,33,34). The van der Waals surface area contributed by atoms with Crippen molar-refractivity contribution in [3.8, 4) is 0 Å². The Hall–Kier alpha value is -2.35. The van der Waals surface area contributed by atoms with Crippen molar-refractivity contribution in [2.45, 2.75) is 109 Å². The number of rotatable bonds is 17. The van der Waals surface area contributed by atoms with Crippen LogP contribution in [0.2, 0.25) is 0 Å². The minimum Gasteiger partial charge on any atom is -0.481 e. The van der Waals surface area contributed by atoms with E-state index in [2.05, 4.69) is 61.5 Å². The largest absolute Gasteiger partial charge is 0.481 e. The van der Waals surface area contributed by atoms with Gasteiger partial charge in [0.25, 0.3) is 0 Å². The lowest BCUT2D eigenvalue weighted by atomic mass is 9.82. The predicted molar refractivity (Wildman–Crippen MR) is 147 cm³/mol. The molecule has 3 rings (SSSR count). The van der Waals surface area contributed by atoms with Gasteiger partial charge < -0.3 is 5.11 Å². The summed E-state index contributed by atoms with van der Waals surface area (Å²) >= 11 is 0. The molecule has 2 nitrogen and oxygen atoms in total. The molecule has 0 radical (unpaired) electrons. The summed E-state index contributed by atoms with van der Waals surface area (Å²) in [4.78, 5) is 10.6. The molecule has 2 heteroatoms. The van der Waals surface area contributed by atoms with Gasteiger partial charge in [0.05, 0.1) is 0 Å². The van der Waals surface area contributed by atoms with Gasteiger partial charge in [-0.2, -0.15) is 0 Å². The Bertz CT molecular complexity index is 952. The van der Waals surface area contributed by atoms with Crippen LogP contribution in [0.15, 0.2) is 54.6 Å². The van der Waals surface area contributed by atoms with Crippen molar-refractivity contribution in [3.63, 3.8) is 0 Å². The zero-order chi connectivity index (χ0) is 24.0. The summed E-state index contributed by atoms with van der Waals surface area (Å²) in [7, 11) is 0. The molecule has 34 heavy (non-hydrogen) atoms. The number of unbranched alkanes of at least 4 members (excludes halogenated alkanes) is 10. The maximum atomic E-state index is 10.6. The highest BCUT2D eigenvalue weighted by atomic mass is 16.4. The Kier molecular flexibility index (Phi) is 11.4. The van der Waals surface area contributed by atoms with Crippen LogP contribution in [-0.4, -0.2) is 11.1 Å². The summed E-state index contributed by atoms with van der Waals surface area (Å²) in [6, 6.07) is 20.3.